The maximum Gasteiger partial charge on any atom is 0.266 e. The van der Waals surface area contributed by atoms with E-state index in [1.807, 2.05) is 61.2 Å². The van der Waals surface area contributed by atoms with Gasteiger partial charge in [-0.25, -0.2) is 4.98 Å². The van der Waals surface area contributed by atoms with Gasteiger partial charge in [0.25, 0.3) is 5.56 Å². The van der Waals surface area contributed by atoms with Crippen molar-refractivity contribution in [2.45, 2.75) is 66.8 Å². The SMILES string of the molecule is CCCCC(=O)N(CC(C)C)[C@@H](C)c1nc2ccccc2c(=O)n1-c1ccc(C)c(C)c1. The quantitative estimate of drug-likeness (QED) is 0.455. The molecule has 3 rings (SSSR count). The summed E-state index contributed by atoms with van der Waals surface area (Å²) in [5, 5.41) is 0.578. The summed E-state index contributed by atoms with van der Waals surface area (Å²) in [6.45, 7) is 13.0. The molecule has 2 aromatic carbocycles. The van der Waals surface area contributed by atoms with Crippen molar-refractivity contribution in [3.05, 3.63) is 69.8 Å². The lowest BCUT2D eigenvalue weighted by molar-refractivity contribution is -0.134. The van der Waals surface area contributed by atoms with E-state index in [0.29, 0.717) is 35.6 Å². The van der Waals surface area contributed by atoms with E-state index in [2.05, 4.69) is 27.7 Å². The summed E-state index contributed by atoms with van der Waals surface area (Å²) in [5.74, 6) is 1.02. The van der Waals surface area contributed by atoms with Crippen LogP contribution >= 0.6 is 0 Å². The number of unbranched alkanes of at least 4 members (excludes halogenated alkanes) is 1. The second-order valence-electron chi connectivity index (χ2n) is 9.12. The largest absolute Gasteiger partial charge is 0.333 e. The summed E-state index contributed by atoms with van der Waals surface area (Å²) in [6.07, 6.45) is 2.33. The van der Waals surface area contributed by atoms with Crippen LogP contribution in [-0.4, -0.2) is 26.9 Å². The fourth-order valence-electron chi connectivity index (χ4n) is 4.02. The van der Waals surface area contributed by atoms with Crippen molar-refractivity contribution in [3.8, 4) is 5.69 Å². The number of hydrogen-bond donors (Lipinski definition) is 0. The van der Waals surface area contributed by atoms with Gasteiger partial charge in [-0.15, -0.1) is 0 Å². The maximum absolute atomic E-state index is 13.7. The third-order valence-electron chi connectivity index (χ3n) is 6.02. The fraction of sp³-hybridized carbons (Fsp3) is 0.444. The normalized spacial score (nSPS) is 12.3. The number of aryl methyl sites for hydroxylation is 2. The molecule has 0 aliphatic rings. The molecule has 3 aromatic rings. The Morgan fingerprint density at radius 1 is 1.06 bits per heavy atom. The summed E-state index contributed by atoms with van der Waals surface area (Å²) in [6, 6.07) is 13.1. The van der Waals surface area contributed by atoms with Crippen molar-refractivity contribution in [2.24, 2.45) is 5.92 Å². The minimum absolute atomic E-state index is 0.105. The molecule has 0 fully saturated rings. The van der Waals surface area contributed by atoms with E-state index in [1.165, 1.54) is 5.56 Å². The maximum atomic E-state index is 13.7. The van der Waals surface area contributed by atoms with Gasteiger partial charge in [0.1, 0.15) is 5.82 Å². The summed E-state index contributed by atoms with van der Waals surface area (Å²) in [5.41, 5.74) is 3.61. The van der Waals surface area contributed by atoms with E-state index in [-0.39, 0.29) is 17.5 Å². The van der Waals surface area contributed by atoms with E-state index >= 15 is 0 Å². The molecule has 1 heterocycles. The third-order valence-corrected chi connectivity index (χ3v) is 6.02. The van der Waals surface area contributed by atoms with Gasteiger partial charge in [0.2, 0.25) is 5.91 Å². The number of hydrogen-bond acceptors (Lipinski definition) is 3. The Hall–Kier alpha value is -2.95. The first-order valence-electron chi connectivity index (χ1n) is 11.6. The van der Waals surface area contributed by atoms with Crippen LogP contribution in [0.3, 0.4) is 0 Å². The zero-order valence-corrected chi connectivity index (χ0v) is 20.2. The Morgan fingerprint density at radius 2 is 1.78 bits per heavy atom. The van der Waals surface area contributed by atoms with Crippen LogP contribution in [0, 0.1) is 19.8 Å². The van der Waals surface area contributed by atoms with E-state index in [1.54, 1.807) is 4.57 Å². The lowest BCUT2D eigenvalue weighted by Gasteiger charge is -2.32. The Bertz CT molecular complexity index is 1160. The molecular weight excluding hydrogens is 398 g/mol. The highest BCUT2D eigenvalue weighted by Crippen LogP contribution is 2.25. The third kappa shape index (κ3) is 4.93. The highest BCUT2D eigenvalue weighted by atomic mass is 16.2. The summed E-state index contributed by atoms with van der Waals surface area (Å²) in [4.78, 5) is 33.6. The van der Waals surface area contributed by atoms with Gasteiger partial charge in [0, 0.05) is 13.0 Å². The molecule has 0 saturated heterocycles. The lowest BCUT2D eigenvalue weighted by atomic mass is 10.1. The number of fused-ring (bicyclic) bond motifs is 1. The molecule has 0 aliphatic carbocycles. The van der Waals surface area contributed by atoms with Crippen LogP contribution in [0.25, 0.3) is 16.6 Å². The standard InChI is InChI=1S/C27H35N3O2/c1-7-8-13-25(31)29(17-18(2)3)21(6)26-28-24-12-10-9-11-23(24)27(32)30(26)22-15-14-19(4)20(5)16-22/h9-12,14-16,18,21H,7-8,13,17H2,1-6H3/t21-/m0/s1. The summed E-state index contributed by atoms with van der Waals surface area (Å²) in [7, 11) is 0. The van der Waals surface area contributed by atoms with E-state index in [0.717, 1.165) is 24.1 Å². The smallest absolute Gasteiger partial charge is 0.266 e. The van der Waals surface area contributed by atoms with Crippen LogP contribution < -0.4 is 5.56 Å². The predicted octanol–water partition coefficient (Wildman–Crippen LogP) is 5.74. The molecule has 0 aliphatic heterocycles. The van der Waals surface area contributed by atoms with Crippen LogP contribution in [0.5, 0.6) is 0 Å². The van der Waals surface area contributed by atoms with Gasteiger partial charge in [-0.05, 0) is 68.5 Å². The molecule has 0 saturated carbocycles. The van der Waals surface area contributed by atoms with Gasteiger partial charge in [-0.3, -0.25) is 14.2 Å². The van der Waals surface area contributed by atoms with E-state index in [9.17, 15) is 9.59 Å². The Morgan fingerprint density at radius 3 is 2.44 bits per heavy atom. The van der Waals surface area contributed by atoms with Crippen molar-refractivity contribution in [1.29, 1.82) is 0 Å². The average molecular weight is 434 g/mol. The molecule has 0 N–H and O–H groups in total. The molecule has 32 heavy (non-hydrogen) atoms. The number of amides is 1. The van der Waals surface area contributed by atoms with E-state index < -0.39 is 0 Å². The molecular formula is C27H35N3O2. The van der Waals surface area contributed by atoms with Crippen molar-refractivity contribution < 1.29 is 4.79 Å². The van der Waals surface area contributed by atoms with Crippen molar-refractivity contribution in [2.75, 3.05) is 6.54 Å². The zero-order valence-electron chi connectivity index (χ0n) is 20.2. The fourth-order valence-corrected chi connectivity index (χ4v) is 4.02. The molecule has 0 radical (unpaired) electrons. The predicted molar refractivity (Wildman–Crippen MR) is 131 cm³/mol. The number of nitrogens with zero attached hydrogens (tertiary/aromatic N) is 3. The Kier molecular flexibility index (Phi) is 7.49. The molecule has 1 amide bonds. The second-order valence-corrected chi connectivity index (χ2v) is 9.12. The molecule has 0 unspecified atom stereocenters. The van der Waals surface area contributed by atoms with Crippen molar-refractivity contribution >= 4 is 16.8 Å². The molecule has 0 spiro atoms. The van der Waals surface area contributed by atoms with Gasteiger partial charge in [-0.1, -0.05) is 45.4 Å². The van der Waals surface area contributed by atoms with Gasteiger partial charge < -0.3 is 4.90 Å². The highest BCUT2D eigenvalue weighted by molar-refractivity contribution is 5.79. The van der Waals surface area contributed by atoms with Gasteiger partial charge in [0.15, 0.2) is 0 Å². The molecule has 5 heteroatoms. The van der Waals surface area contributed by atoms with Crippen LogP contribution in [0.1, 0.15) is 70.0 Å². The monoisotopic (exact) mass is 433 g/mol. The van der Waals surface area contributed by atoms with Crippen LogP contribution in [0.4, 0.5) is 0 Å². The number of carbonyl (C=O) groups excluding carboxylic acids is 1. The lowest BCUT2D eigenvalue weighted by Crippen LogP contribution is -2.39. The summed E-state index contributed by atoms with van der Waals surface area (Å²) < 4.78 is 1.69. The van der Waals surface area contributed by atoms with Gasteiger partial charge >= 0.3 is 0 Å². The van der Waals surface area contributed by atoms with Crippen molar-refractivity contribution in [3.63, 3.8) is 0 Å². The molecule has 170 valence electrons. The number of para-hydroxylation sites is 1. The van der Waals surface area contributed by atoms with Crippen LogP contribution in [0.15, 0.2) is 47.3 Å². The van der Waals surface area contributed by atoms with Gasteiger partial charge in [-0.2, -0.15) is 0 Å². The Balaban J connectivity index is 2.23. The first kappa shape index (κ1) is 23.7. The first-order valence-corrected chi connectivity index (χ1v) is 11.6. The molecule has 5 nitrogen and oxygen atoms in total. The minimum Gasteiger partial charge on any atom is -0.333 e. The number of aromatic nitrogens is 2. The molecule has 1 aromatic heterocycles. The Labute approximate surface area is 191 Å². The van der Waals surface area contributed by atoms with Crippen molar-refractivity contribution in [1.82, 2.24) is 14.5 Å². The highest BCUT2D eigenvalue weighted by Gasteiger charge is 2.27. The van der Waals surface area contributed by atoms with Crippen LogP contribution in [-0.2, 0) is 4.79 Å². The second kappa shape index (κ2) is 10.1. The van der Waals surface area contributed by atoms with Gasteiger partial charge in [0.05, 0.1) is 22.6 Å². The topological polar surface area (TPSA) is 55.2 Å². The minimum atomic E-state index is -0.333. The van der Waals surface area contributed by atoms with E-state index in [4.69, 9.17) is 4.98 Å². The number of benzene rings is 2. The first-order chi connectivity index (χ1) is 15.2. The van der Waals surface area contributed by atoms with Crippen LogP contribution in [0.2, 0.25) is 0 Å². The molecule has 0 bridgehead atoms. The average Bonchev–Trinajstić information content (AvgIpc) is 2.77. The summed E-state index contributed by atoms with van der Waals surface area (Å²) >= 11 is 0. The molecule has 1 atom stereocenters. The zero-order chi connectivity index (χ0) is 23.4. The number of carbonyl (C=O) groups is 1. The number of rotatable bonds is 8.